The summed E-state index contributed by atoms with van der Waals surface area (Å²) in [4.78, 5) is 2.20. The molecule has 0 N–H and O–H groups in total. The maximum Gasteiger partial charge on any atom is 0.417 e. The Morgan fingerprint density at radius 2 is 1.50 bits per heavy atom. The first kappa shape index (κ1) is 27.7. The summed E-state index contributed by atoms with van der Waals surface area (Å²) in [6, 6.07) is 14.1. The van der Waals surface area contributed by atoms with E-state index in [1.54, 1.807) is 13.8 Å². The number of alkyl halides is 6. The highest BCUT2D eigenvalue weighted by atomic mass is 19.4. The Labute approximate surface area is 197 Å². The second-order valence-corrected chi connectivity index (χ2v) is 8.77. The van der Waals surface area contributed by atoms with E-state index in [9.17, 15) is 31.6 Å². The zero-order chi connectivity index (χ0) is 25.6. The fraction of sp³-hybridized carbons (Fsp3) is 0.500. The van der Waals surface area contributed by atoms with Crippen LogP contribution < -0.4 is 0 Å². The molecule has 0 amide bonds. The van der Waals surface area contributed by atoms with Crippen molar-refractivity contribution in [2.45, 2.75) is 57.8 Å². The van der Waals surface area contributed by atoms with Crippen molar-refractivity contribution in [1.29, 1.82) is 5.26 Å². The minimum absolute atomic E-state index is 0.0299. The van der Waals surface area contributed by atoms with Crippen LogP contribution in [0.25, 0.3) is 0 Å². The Kier molecular flexibility index (Phi) is 9.18. The molecule has 0 heterocycles. The lowest BCUT2D eigenvalue weighted by atomic mass is 9.69. The lowest BCUT2D eigenvalue weighted by Crippen LogP contribution is -2.34. The normalized spacial score (nSPS) is 14.3. The molecule has 2 nitrogen and oxygen atoms in total. The predicted octanol–water partition coefficient (Wildman–Crippen LogP) is 7.49. The van der Waals surface area contributed by atoms with E-state index < -0.39 is 34.8 Å². The second kappa shape index (κ2) is 11.3. The van der Waals surface area contributed by atoms with Gasteiger partial charge >= 0.3 is 12.4 Å². The van der Waals surface area contributed by atoms with E-state index in [4.69, 9.17) is 0 Å². The Hall–Kier alpha value is -2.53. The third kappa shape index (κ3) is 6.75. The molecule has 2 aromatic carbocycles. The summed E-state index contributed by atoms with van der Waals surface area (Å²) in [5.41, 5.74) is -3.66. The van der Waals surface area contributed by atoms with Crippen LogP contribution in [-0.4, -0.2) is 24.5 Å². The Morgan fingerprint density at radius 1 is 0.882 bits per heavy atom. The predicted molar refractivity (Wildman–Crippen MR) is 120 cm³/mol. The summed E-state index contributed by atoms with van der Waals surface area (Å²) < 4.78 is 80.1. The average Bonchev–Trinajstić information content (AvgIpc) is 2.78. The third-order valence-electron chi connectivity index (χ3n) is 6.38. The molecule has 34 heavy (non-hydrogen) atoms. The lowest BCUT2D eigenvalue weighted by Gasteiger charge is -2.33. The van der Waals surface area contributed by atoms with E-state index >= 15 is 0 Å². The summed E-state index contributed by atoms with van der Waals surface area (Å²) >= 11 is 0. The Morgan fingerprint density at radius 3 is 2.00 bits per heavy atom. The van der Waals surface area contributed by atoms with Gasteiger partial charge in [0.15, 0.2) is 0 Å². The summed E-state index contributed by atoms with van der Waals surface area (Å²) in [5.74, 6) is -0.394. The van der Waals surface area contributed by atoms with Gasteiger partial charge in [-0.2, -0.15) is 31.6 Å². The van der Waals surface area contributed by atoms with Crippen LogP contribution in [0.5, 0.6) is 0 Å². The lowest BCUT2D eigenvalue weighted by molar-refractivity contribution is -0.162. The highest BCUT2D eigenvalue weighted by Crippen LogP contribution is 2.44. The minimum Gasteiger partial charge on any atom is -0.303 e. The number of nitrogens with zero attached hydrogens (tertiary/aromatic N) is 2. The molecular formula is C26H30F6N2. The molecule has 0 radical (unpaired) electrons. The monoisotopic (exact) mass is 484 g/mol. The van der Waals surface area contributed by atoms with Gasteiger partial charge in [0.25, 0.3) is 0 Å². The van der Waals surface area contributed by atoms with Gasteiger partial charge in [0.05, 0.1) is 22.6 Å². The zero-order valence-corrected chi connectivity index (χ0v) is 19.6. The number of benzene rings is 2. The molecule has 0 spiro atoms. The molecule has 2 rings (SSSR count). The van der Waals surface area contributed by atoms with Crippen molar-refractivity contribution < 1.29 is 26.3 Å². The zero-order valence-electron chi connectivity index (χ0n) is 19.6. The molecule has 1 unspecified atom stereocenters. The molecule has 0 aliphatic heterocycles. The Balaban J connectivity index is 2.25. The fourth-order valence-corrected chi connectivity index (χ4v) is 4.26. The van der Waals surface area contributed by atoms with E-state index in [1.165, 1.54) is 5.56 Å². The second-order valence-electron chi connectivity index (χ2n) is 8.77. The van der Waals surface area contributed by atoms with Crippen LogP contribution in [0.4, 0.5) is 26.3 Å². The molecule has 0 saturated carbocycles. The number of hydrogen-bond acceptors (Lipinski definition) is 2. The number of rotatable bonds is 10. The summed E-state index contributed by atoms with van der Waals surface area (Å²) in [6.07, 6.45) is -8.72. The summed E-state index contributed by atoms with van der Waals surface area (Å²) in [5, 5.41) is 10.0. The van der Waals surface area contributed by atoms with Crippen molar-refractivity contribution in [3.8, 4) is 6.07 Å². The van der Waals surface area contributed by atoms with Gasteiger partial charge in [-0.15, -0.1) is 0 Å². The van der Waals surface area contributed by atoms with E-state index in [2.05, 4.69) is 11.0 Å². The first-order valence-electron chi connectivity index (χ1n) is 11.3. The molecule has 8 heteroatoms. The van der Waals surface area contributed by atoms with E-state index in [-0.39, 0.29) is 12.0 Å². The molecule has 0 bridgehead atoms. The van der Waals surface area contributed by atoms with E-state index in [0.29, 0.717) is 25.1 Å². The molecule has 0 aliphatic carbocycles. The van der Waals surface area contributed by atoms with Gasteiger partial charge in [-0.25, -0.2) is 0 Å². The van der Waals surface area contributed by atoms with Crippen LogP contribution in [0.2, 0.25) is 0 Å². The van der Waals surface area contributed by atoms with Gasteiger partial charge in [0, 0.05) is 6.54 Å². The maximum absolute atomic E-state index is 13.5. The Bertz CT molecular complexity index is 960. The minimum atomic E-state index is -5.19. The highest BCUT2D eigenvalue weighted by molar-refractivity contribution is 5.42. The quantitative estimate of drug-likeness (QED) is 0.327. The van der Waals surface area contributed by atoms with Gasteiger partial charge in [0.2, 0.25) is 0 Å². The molecule has 0 fully saturated rings. The molecule has 0 aromatic heterocycles. The van der Waals surface area contributed by atoms with Crippen molar-refractivity contribution >= 4 is 0 Å². The van der Waals surface area contributed by atoms with Gasteiger partial charge in [-0.3, -0.25) is 0 Å². The van der Waals surface area contributed by atoms with Crippen LogP contribution in [0, 0.1) is 17.2 Å². The molecule has 186 valence electrons. The number of hydrogen-bond donors (Lipinski definition) is 0. The topological polar surface area (TPSA) is 27.0 Å². The maximum atomic E-state index is 13.5. The smallest absolute Gasteiger partial charge is 0.303 e. The molecule has 2 aromatic rings. The van der Waals surface area contributed by atoms with Gasteiger partial charge in [-0.05, 0) is 61.5 Å². The van der Waals surface area contributed by atoms with Gasteiger partial charge < -0.3 is 4.90 Å². The van der Waals surface area contributed by atoms with Crippen LogP contribution in [-0.2, 0) is 24.2 Å². The highest BCUT2D eigenvalue weighted by Gasteiger charge is 2.45. The standard InChI is InChI=1S/C26H30F6N2/c1-4-34(16-13-20-9-6-5-7-10-20)15-8-14-24(18-33,19(2)3)21-11-12-22(25(27,28)29)23(17-21)26(30,31)32/h5-7,9-12,17,19H,4,8,13-16H2,1-3H3. The molecule has 1 atom stereocenters. The van der Waals surface area contributed by atoms with Crippen molar-refractivity contribution in [3.05, 3.63) is 70.8 Å². The van der Waals surface area contributed by atoms with Crippen molar-refractivity contribution in [3.63, 3.8) is 0 Å². The average molecular weight is 485 g/mol. The van der Waals surface area contributed by atoms with E-state index in [1.807, 2.05) is 37.3 Å². The SMILES string of the molecule is CCN(CCCC(C#N)(c1ccc(C(F)(F)F)c(C(F)(F)F)c1)C(C)C)CCc1ccccc1. The van der Waals surface area contributed by atoms with Crippen LogP contribution in [0.15, 0.2) is 48.5 Å². The first-order valence-corrected chi connectivity index (χ1v) is 11.3. The van der Waals surface area contributed by atoms with Crippen LogP contribution >= 0.6 is 0 Å². The van der Waals surface area contributed by atoms with Crippen molar-refractivity contribution in [2.75, 3.05) is 19.6 Å². The van der Waals surface area contributed by atoms with Crippen molar-refractivity contribution in [2.24, 2.45) is 5.92 Å². The number of nitriles is 1. The summed E-state index contributed by atoms with van der Waals surface area (Å²) in [7, 11) is 0. The summed E-state index contributed by atoms with van der Waals surface area (Å²) in [6.45, 7) is 7.62. The molecule has 0 saturated heterocycles. The van der Waals surface area contributed by atoms with Gasteiger partial charge in [0.1, 0.15) is 0 Å². The molecule has 0 aliphatic rings. The van der Waals surface area contributed by atoms with Crippen molar-refractivity contribution in [1.82, 2.24) is 4.90 Å². The van der Waals surface area contributed by atoms with Crippen LogP contribution in [0.3, 0.4) is 0 Å². The first-order chi connectivity index (χ1) is 15.8. The van der Waals surface area contributed by atoms with E-state index in [0.717, 1.165) is 25.6 Å². The molecular weight excluding hydrogens is 454 g/mol. The van der Waals surface area contributed by atoms with Gasteiger partial charge in [-0.1, -0.05) is 57.2 Å². The number of likely N-dealkylation sites (N-methyl/N-ethyl adjacent to an activating group) is 1. The third-order valence-corrected chi connectivity index (χ3v) is 6.38. The fourth-order valence-electron chi connectivity index (χ4n) is 4.26. The number of halogens is 6. The largest absolute Gasteiger partial charge is 0.417 e. The van der Waals surface area contributed by atoms with Crippen LogP contribution in [0.1, 0.15) is 55.9 Å².